The maximum Gasteiger partial charge on any atom is 0.331 e. The van der Waals surface area contributed by atoms with Crippen molar-refractivity contribution in [3.05, 3.63) is 78.5 Å². The maximum atomic E-state index is 12.3. The third kappa shape index (κ3) is 5.50. The summed E-state index contributed by atoms with van der Waals surface area (Å²) in [7, 11) is 0. The standard InChI is InChI=1S/C27H25N3O5/c31-25(28-16-22-10-6-14-33-22)18-34-26(32)13-12-20-17-30(21-8-2-1-3-9-21)29-27(20)24-15-19-7-4-5-11-23(19)35-24/h1-5,7-9,11-13,15,17,22H,6,10,14,16,18H2,(H,28,31)/b13-12+. The lowest BCUT2D eigenvalue weighted by Gasteiger charge is -2.10. The van der Waals surface area contributed by atoms with E-state index in [2.05, 4.69) is 5.32 Å². The number of fused-ring (bicyclic) bond motifs is 1. The van der Waals surface area contributed by atoms with Crippen molar-refractivity contribution >= 4 is 28.9 Å². The molecule has 0 saturated carbocycles. The molecule has 1 fully saturated rings. The van der Waals surface area contributed by atoms with E-state index in [1.165, 1.54) is 6.08 Å². The summed E-state index contributed by atoms with van der Waals surface area (Å²) in [5.41, 5.74) is 2.88. The van der Waals surface area contributed by atoms with Gasteiger partial charge >= 0.3 is 5.97 Å². The van der Waals surface area contributed by atoms with Crippen LogP contribution in [0, 0.1) is 0 Å². The minimum Gasteiger partial charge on any atom is -0.454 e. The predicted molar refractivity (Wildman–Crippen MR) is 131 cm³/mol. The molecule has 1 aliphatic heterocycles. The molecule has 1 N–H and O–H groups in total. The van der Waals surface area contributed by atoms with Crippen LogP contribution in [0.25, 0.3) is 34.2 Å². The largest absolute Gasteiger partial charge is 0.454 e. The van der Waals surface area contributed by atoms with Crippen LogP contribution in [0.4, 0.5) is 0 Å². The molecule has 0 bridgehead atoms. The van der Waals surface area contributed by atoms with Gasteiger partial charge in [-0.05, 0) is 43.2 Å². The fraction of sp³-hybridized carbons (Fsp3) is 0.222. The highest BCUT2D eigenvalue weighted by molar-refractivity contribution is 5.91. The fourth-order valence-electron chi connectivity index (χ4n) is 3.94. The number of hydrogen-bond donors (Lipinski definition) is 1. The van der Waals surface area contributed by atoms with Gasteiger partial charge in [0.2, 0.25) is 0 Å². The Morgan fingerprint density at radius 3 is 2.77 bits per heavy atom. The summed E-state index contributed by atoms with van der Waals surface area (Å²) in [5.74, 6) is -0.398. The van der Waals surface area contributed by atoms with Crippen molar-refractivity contribution in [2.24, 2.45) is 0 Å². The molecule has 1 unspecified atom stereocenters. The highest BCUT2D eigenvalue weighted by Gasteiger charge is 2.17. The Hall–Kier alpha value is -4.17. The summed E-state index contributed by atoms with van der Waals surface area (Å²) in [6.45, 7) is 0.790. The number of carbonyl (C=O) groups excluding carboxylic acids is 2. The fourth-order valence-corrected chi connectivity index (χ4v) is 3.94. The van der Waals surface area contributed by atoms with Crippen LogP contribution in [0.5, 0.6) is 0 Å². The molecule has 8 heteroatoms. The number of hydrogen-bond acceptors (Lipinski definition) is 6. The minimum absolute atomic E-state index is 0.0346. The zero-order valence-electron chi connectivity index (χ0n) is 19.1. The van der Waals surface area contributed by atoms with Gasteiger partial charge in [0.1, 0.15) is 11.3 Å². The SMILES string of the molecule is O=C(COC(=O)/C=C/c1cn(-c2ccccc2)nc1-c1cc2ccccc2o1)NCC1CCCO1. The van der Waals surface area contributed by atoms with Crippen molar-refractivity contribution in [2.45, 2.75) is 18.9 Å². The molecule has 8 nitrogen and oxygen atoms in total. The average molecular weight is 472 g/mol. The number of rotatable bonds is 8. The van der Waals surface area contributed by atoms with Gasteiger partial charge in [0.05, 0.1) is 11.8 Å². The molecule has 1 amide bonds. The molecule has 0 spiro atoms. The van der Waals surface area contributed by atoms with Crippen LogP contribution < -0.4 is 5.32 Å². The van der Waals surface area contributed by atoms with Gasteiger partial charge < -0.3 is 19.2 Å². The van der Waals surface area contributed by atoms with Crippen LogP contribution in [0.3, 0.4) is 0 Å². The Morgan fingerprint density at radius 1 is 1.14 bits per heavy atom. The van der Waals surface area contributed by atoms with E-state index in [-0.39, 0.29) is 18.6 Å². The van der Waals surface area contributed by atoms with Gasteiger partial charge in [-0.15, -0.1) is 0 Å². The van der Waals surface area contributed by atoms with E-state index in [9.17, 15) is 9.59 Å². The second-order valence-electron chi connectivity index (χ2n) is 8.24. The topological polar surface area (TPSA) is 95.6 Å². The van der Waals surface area contributed by atoms with Crippen LogP contribution in [-0.2, 0) is 19.1 Å². The van der Waals surface area contributed by atoms with Gasteiger partial charge in [-0.3, -0.25) is 4.79 Å². The van der Waals surface area contributed by atoms with Crippen molar-refractivity contribution in [2.75, 3.05) is 19.8 Å². The number of aromatic nitrogens is 2. The van der Waals surface area contributed by atoms with Crippen LogP contribution in [0.2, 0.25) is 0 Å². The molecule has 1 saturated heterocycles. The zero-order chi connectivity index (χ0) is 24.0. The number of nitrogens with one attached hydrogen (secondary N) is 1. The highest BCUT2D eigenvalue weighted by Crippen LogP contribution is 2.30. The van der Waals surface area contributed by atoms with Crippen LogP contribution in [0.1, 0.15) is 18.4 Å². The number of carbonyl (C=O) groups is 2. The van der Waals surface area contributed by atoms with E-state index < -0.39 is 5.97 Å². The van der Waals surface area contributed by atoms with E-state index in [1.807, 2.05) is 66.9 Å². The van der Waals surface area contributed by atoms with E-state index in [0.29, 0.717) is 23.6 Å². The second kappa shape index (κ2) is 10.4. The number of furan rings is 1. The number of nitrogens with zero attached hydrogens (tertiary/aromatic N) is 2. The monoisotopic (exact) mass is 471 g/mol. The molecule has 2 aromatic heterocycles. The molecule has 0 aliphatic carbocycles. The average Bonchev–Trinajstić information content (AvgIpc) is 3.64. The van der Waals surface area contributed by atoms with Crippen LogP contribution in [-0.4, -0.2) is 47.5 Å². The summed E-state index contributed by atoms with van der Waals surface area (Å²) in [6, 6.07) is 19.3. The first-order valence-electron chi connectivity index (χ1n) is 11.5. The van der Waals surface area contributed by atoms with Gasteiger partial charge in [-0.1, -0.05) is 36.4 Å². The number of benzene rings is 2. The molecule has 178 valence electrons. The van der Waals surface area contributed by atoms with Crippen molar-refractivity contribution < 1.29 is 23.5 Å². The summed E-state index contributed by atoms with van der Waals surface area (Å²) in [5, 5.41) is 8.39. The normalized spacial score (nSPS) is 15.6. The summed E-state index contributed by atoms with van der Waals surface area (Å²) in [4.78, 5) is 24.3. The van der Waals surface area contributed by atoms with Crippen molar-refractivity contribution in [1.82, 2.24) is 15.1 Å². The van der Waals surface area contributed by atoms with E-state index >= 15 is 0 Å². The molecular weight excluding hydrogens is 446 g/mol. The quantitative estimate of drug-likeness (QED) is 0.307. The molecule has 0 radical (unpaired) electrons. The first-order chi connectivity index (χ1) is 17.2. The van der Waals surface area contributed by atoms with Crippen molar-refractivity contribution in [3.63, 3.8) is 0 Å². The van der Waals surface area contributed by atoms with Gasteiger partial charge in [0.15, 0.2) is 12.4 Å². The summed E-state index contributed by atoms with van der Waals surface area (Å²) in [6.07, 6.45) is 6.67. The highest BCUT2D eigenvalue weighted by atomic mass is 16.5. The third-order valence-electron chi connectivity index (χ3n) is 5.72. The van der Waals surface area contributed by atoms with E-state index in [1.54, 1.807) is 10.8 Å². The Kier molecular flexibility index (Phi) is 6.72. The molecular formula is C27H25N3O5. The first kappa shape index (κ1) is 22.6. The smallest absolute Gasteiger partial charge is 0.331 e. The van der Waals surface area contributed by atoms with Crippen molar-refractivity contribution in [3.8, 4) is 17.1 Å². The molecule has 2 aromatic carbocycles. The summed E-state index contributed by atoms with van der Waals surface area (Å²) >= 11 is 0. The molecule has 4 aromatic rings. The second-order valence-corrected chi connectivity index (χ2v) is 8.24. The Labute approximate surface area is 202 Å². The maximum absolute atomic E-state index is 12.3. The molecule has 1 atom stereocenters. The number of esters is 1. The lowest BCUT2D eigenvalue weighted by molar-refractivity contribution is -0.143. The Balaban J connectivity index is 1.30. The summed E-state index contributed by atoms with van der Waals surface area (Å²) < 4.78 is 18.3. The van der Waals surface area contributed by atoms with E-state index in [0.717, 1.165) is 36.1 Å². The first-order valence-corrected chi connectivity index (χ1v) is 11.5. The van der Waals surface area contributed by atoms with Crippen molar-refractivity contribution in [1.29, 1.82) is 0 Å². The van der Waals surface area contributed by atoms with Gasteiger partial charge in [0.25, 0.3) is 5.91 Å². The van der Waals surface area contributed by atoms with Crippen LogP contribution >= 0.6 is 0 Å². The lowest BCUT2D eigenvalue weighted by atomic mass is 10.2. The molecule has 3 heterocycles. The van der Waals surface area contributed by atoms with Gasteiger partial charge in [0, 0.05) is 36.4 Å². The lowest BCUT2D eigenvalue weighted by Crippen LogP contribution is -2.34. The van der Waals surface area contributed by atoms with E-state index in [4.69, 9.17) is 19.0 Å². The molecule has 35 heavy (non-hydrogen) atoms. The third-order valence-corrected chi connectivity index (χ3v) is 5.72. The minimum atomic E-state index is -0.625. The number of amides is 1. The van der Waals surface area contributed by atoms with Crippen LogP contribution in [0.15, 0.2) is 77.4 Å². The molecule has 5 rings (SSSR count). The Bertz CT molecular complexity index is 1320. The van der Waals surface area contributed by atoms with Gasteiger partial charge in [-0.25, -0.2) is 9.48 Å². The number of para-hydroxylation sites is 2. The zero-order valence-corrected chi connectivity index (χ0v) is 19.1. The molecule has 1 aliphatic rings. The number of ether oxygens (including phenoxy) is 2. The predicted octanol–water partition coefficient (Wildman–Crippen LogP) is 4.14. The Morgan fingerprint density at radius 2 is 1.97 bits per heavy atom. The van der Waals surface area contributed by atoms with Gasteiger partial charge in [-0.2, -0.15) is 5.10 Å².